The van der Waals surface area contributed by atoms with Crippen LogP contribution in [0.25, 0.3) is 17.2 Å². The zero-order chi connectivity index (χ0) is 22.6. The fourth-order valence-electron chi connectivity index (χ4n) is 3.35. The van der Waals surface area contributed by atoms with E-state index < -0.39 is 11.8 Å². The molecule has 0 saturated heterocycles. The first kappa shape index (κ1) is 24.3. The van der Waals surface area contributed by atoms with Gasteiger partial charge in [0.05, 0.1) is 7.11 Å². The van der Waals surface area contributed by atoms with Gasteiger partial charge >= 0.3 is 5.97 Å². The molecule has 0 heterocycles. The molecule has 5 heteroatoms. The van der Waals surface area contributed by atoms with Gasteiger partial charge in [0.1, 0.15) is 5.82 Å². The Balaban J connectivity index is 2.01. The largest absolute Gasteiger partial charge is 0.466 e. The standard InChI is InChI=1S/C26H32FNO3/c1-4-5-6-7-8-12-25(29)28(2)19-20-10-9-11-22(17-20)23-14-13-21(24(27)18-23)15-16-26(30)31-3/h9-11,13-18H,4-8,12,19H2,1-3H3/b16-15+. The Morgan fingerprint density at radius 3 is 2.48 bits per heavy atom. The van der Waals surface area contributed by atoms with E-state index in [1.165, 1.54) is 44.6 Å². The smallest absolute Gasteiger partial charge is 0.330 e. The Labute approximate surface area is 184 Å². The van der Waals surface area contributed by atoms with Gasteiger partial charge in [-0.15, -0.1) is 0 Å². The Kier molecular flexibility index (Phi) is 9.95. The summed E-state index contributed by atoms with van der Waals surface area (Å²) in [6, 6.07) is 12.7. The summed E-state index contributed by atoms with van der Waals surface area (Å²) in [5.41, 5.74) is 2.92. The Bertz CT molecular complexity index is 907. The molecule has 0 aliphatic heterocycles. The average molecular weight is 426 g/mol. The van der Waals surface area contributed by atoms with Crippen LogP contribution in [0.5, 0.6) is 0 Å². The summed E-state index contributed by atoms with van der Waals surface area (Å²) >= 11 is 0. The van der Waals surface area contributed by atoms with Gasteiger partial charge in [-0.3, -0.25) is 4.79 Å². The van der Waals surface area contributed by atoms with Gasteiger partial charge in [0.25, 0.3) is 0 Å². The fraction of sp³-hybridized carbons (Fsp3) is 0.385. The third kappa shape index (κ3) is 8.00. The molecule has 2 aromatic rings. The highest BCUT2D eigenvalue weighted by Gasteiger charge is 2.10. The van der Waals surface area contributed by atoms with E-state index in [4.69, 9.17) is 0 Å². The molecular weight excluding hydrogens is 393 g/mol. The fourth-order valence-corrected chi connectivity index (χ4v) is 3.35. The minimum Gasteiger partial charge on any atom is -0.466 e. The van der Waals surface area contributed by atoms with Gasteiger partial charge < -0.3 is 9.64 Å². The molecule has 1 amide bonds. The molecule has 0 atom stereocenters. The first-order valence-corrected chi connectivity index (χ1v) is 10.8. The van der Waals surface area contributed by atoms with E-state index in [1.54, 1.807) is 11.0 Å². The minimum atomic E-state index is -0.532. The summed E-state index contributed by atoms with van der Waals surface area (Å²) in [6.45, 7) is 2.70. The number of amides is 1. The summed E-state index contributed by atoms with van der Waals surface area (Å²) in [7, 11) is 3.10. The van der Waals surface area contributed by atoms with Crippen molar-refractivity contribution >= 4 is 18.0 Å². The number of carbonyl (C=O) groups excluding carboxylic acids is 2. The quantitative estimate of drug-likeness (QED) is 0.252. The van der Waals surface area contributed by atoms with Crippen LogP contribution < -0.4 is 0 Å². The first-order chi connectivity index (χ1) is 14.9. The predicted molar refractivity (Wildman–Crippen MR) is 123 cm³/mol. The highest BCUT2D eigenvalue weighted by molar-refractivity contribution is 5.87. The normalized spacial score (nSPS) is 11.0. The van der Waals surface area contributed by atoms with Gasteiger partial charge in [-0.05, 0) is 41.3 Å². The molecule has 31 heavy (non-hydrogen) atoms. The molecule has 166 valence electrons. The van der Waals surface area contributed by atoms with Crippen molar-refractivity contribution in [1.82, 2.24) is 4.90 Å². The number of ether oxygens (including phenoxy) is 1. The van der Waals surface area contributed by atoms with Crippen molar-refractivity contribution in [1.29, 1.82) is 0 Å². The van der Waals surface area contributed by atoms with Crippen molar-refractivity contribution in [3.05, 3.63) is 65.5 Å². The van der Waals surface area contributed by atoms with Crippen LogP contribution in [0.2, 0.25) is 0 Å². The lowest BCUT2D eigenvalue weighted by atomic mass is 10.0. The first-order valence-electron chi connectivity index (χ1n) is 10.8. The molecule has 0 aromatic heterocycles. The zero-order valence-electron chi connectivity index (χ0n) is 18.7. The van der Waals surface area contributed by atoms with Crippen LogP contribution in [0.15, 0.2) is 48.5 Å². The SMILES string of the molecule is CCCCCCCC(=O)N(C)Cc1cccc(-c2ccc(/C=C/C(=O)OC)c(F)c2)c1. The Morgan fingerprint density at radius 1 is 1.03 bits per heavy atom. The molecule has 0 N–H and O–H groups in total. The van der Waals surface area contributed by atoms with Crippen molar-refractivity contribution in [2.24, 2.45) is 0 Å². The molecule has 0 aliphatic carbocycles. The maximum absolute atomic E-state index is 14.4. The van der Waals surface area contributed by atoms with Crippen LogP contribution >= 0.6 is 0 Å². The van der Waals surface area contributed by atoms with Crippen LogP contribution in [0.1, 0.15) is 56.6 Å². The zero-order valence-corrected chi connectivity index (χ0v) is 18.7. The Morgan fingerprint density at radius 2 is 1.77 bits per heavy atom. The van der Waals surface area contributed by atoms with Gasteiger partial charge in [-0.25, -0.2) is 9.18 Å². The Hall–Kier alpha value is -2.95. The van der Waals surface area contributed by atoms with Gasteiger partial charge in [-0.2, -0.15) is 0 Å². The molecule has 0 spiro atoms. The summed E-state index contributed by atoms with van der Waals surface area (Å²) in [6.07, 6.45) is 8.79. The molecule has 2 rings (SSSR count). The van der Waals surface area contributed by atoms with Crippen LogP contribution in [0.3, 0.4) is 0 Å². The van der Waals surface area contributed by atoms with Crippen molar-refractivity contribution < 1.29 is 18.7 Å². The number of rotatable bonds is 11. The van der Waals surface area contributed by atoms with Crippen molar-refractivity contribution in [3.63, 3.8) is 0 Å². The molecule has 0 radical (unpaired) electrons. The highest BCUT2D eigenvalue weighted by Crippen LogP contribution is 2.24. The van der Waals surface area contributed by atoms with Gasteiger partial charge in [0.2, 0.25) is 5.91 Å². The van der Waals surface area contributed by atoms with Crippen LogP contribution in [-0.4, -0.2) is 30.9 Å². The maximum atomic E-state index is 14.4. The van der Waals surface area contributed by atoms with Gasteiger partial charge in [0.15, 0.2) is 0 Å². The molecule has 2 aromatic carbocycles. The summed E-state index contributed by atoms with van der Waals surface area (Å²) in [5, 5.41) is 0. The number of unbranched alkanes of at least 4 members (excludes halogenated alkanes) is 4. The van der Waals surface area contributed by atoms with Gasteiger partial charge in [-0.1, -0.05) is 62.9 Å². The molecule has 0 aliphatic rings. The number of hydrogen-bond acceptors (Lipinski definition) is 3. The second-order valence-electron chi connectivity index (χ2n) is 7.71. The second-order valence-corrected chi connectivity index (χ2v) is 7.71. The van der Waals surface area contributed by atoms with E-state index in [0.717, 1.165) is 29.5 Å². The number of hydrogen-bond donors (Lipinski definition) is 0. The summed E-state index contributed by atoms with van der Waals surface area (Å²) < 4.78 is 19.0. The number of carbonyl (C=O) groups is 2. The lowest BCUT2D eigenvalue weighted by Crippen LogP contribution is -2.25. The molecule has 0 fully saturated rings. The maximum Gasteiger partial charge on any atom is 0.330 e. The third-order valence-corrected chi connectivity index (χ3v) is 5.20. The second kappa shape index (κ2) is 12.7. The molecule has 4 nitrogen and oxygen atoms in total. The lowest BCUT2D eigenvalue weighted by molar-refractivity contribution is -0.134. The molecule has 0 saturated carbocycles. The molecular formula is C26H32FNO3. The van der Waals surface area contributed by atoms with Crippen molar-refractivity contribution in [2.45, 2.75) is 52.0 Å². The number of halogens is 1. The van der Waals surface area contributed by atoms with E-state index in [9.17, 15) is 14.0 Å². The van der Waals surface area contributed by atoms with Crippen LogP contribution in [-0.2, 0) is 20.9 Å². The van der Waals surface area contributed by atoms with Gasteiger partial charge in [0, 0.05) is 31.7 Å². The number of methoxy groups -OCH3 is 1. The van der Waals surface area contributed by atoms with E-state index >= 15 is 0 Å². The number of benzene rings is 2. The minimum absolute atomic E-state index is 0.148. The average Bonchev–Trinajstić information content (AvgIpc) is 2.77. The lowest BCUT2D eigenvalue weighted by Gasteiger charge is -2.18. The summed E-state index contributed by atoms with van der Waals surface area (Å²) in [4.78, 5) is 25.3. The number of nitrogens with zero attached hydrogens (tertiary/aromatic N) is 1. The third-order valence-electron chi connectivity index (χ3n) is 5.20. The van der Waals surface area contributed by atoms with E-state index in [0.29, 0.717) is 18.5 Å². The van der Waals surface area contributed by atoms with E-state index in [1.807, 2.05) is 37.4 Å². The highest BCUT2D eigenvalue weighted by atomic mass is 19.1. The van der Waals surface area contributed by atoms with E-state index in [-0.39, 0.29) is 5.91 Å². The summed E-state index contributed by atoms with van der Waals surface area (Å²) in [5.74, 6) is -0.802. The topological polar surface area (TPSA) is 46.6 Å². The van der Waals surface area contributed by atoms with Crippen LogP contribution in [0.4, 0.5) is 4.39 Å². The predicted octanol–water partition coefficient (Wildman–Crippen LogP) is 6.00. The van der Waals surface area contributed by atoms with Crippen molar-refractivity contribution in [3.8, 4) is 11.1 Å². The van der Waals surface area contributed by atoms with Crippen LogP contribution in [0, 0.1) is 5.82 Å². The molecule has 0 unspecified atom stereocenters. The monoisotopic (exact) mass is 425 g/mol. The van der Waals surface area contributed by atoms with E-state index in [2.05, 4.69) is 11.7 Å². The number of esters is 1. The van der Waals surface area contributed by atoms with Crippen molar-refractivity contribution in [2.75, 3.05) is 14.2 Å². The molecule has 0 bridgehead atoms.